The molecule has 0 aromatic heterocycles. The number of allylic oxidation sites excluding steroid dienone is 1. The van der Waals surface area contributed by atoms with Gasteiger partial charge < -0.3 is 10.5 Å². The zero-order valence-electron chi connectivity index (χ0n) is 4.77. The third kappa shape index (κ3) is 3.16. The standard InChI is InChI=1S/C5H11NO/c1-3-4-5(6)7-2/h4H,3,6H2,1-2H3/b5-4+. The second-order valence-electron chi connectivity index (χ2n) is 1.22. The Bertz CT molecular complexity index is 68.5. The lowest BCUT2D eigenvalue weighted by Crippen LogP contribution is -1.97. The summed E-state index contributed by atoms with van der Waals surface area (Å²) in [5.74, 6) is 0.502. The molecule has 0 spiro atoms. The molecule has 0 atom stereocenters. The first-order valence-electron chi connectivity index (χ1n) is 2.31. The van der Waals surface area contributed by atoms with E-state index in [1.165, 1.54) is 0 Å². The van der Waals surface area contributed by atoms with Crippen LogP contribution in [0, 0.1) is 0 Å². The highest BCUT2D eigenvalue weighted by atomic mass is 16.5. The second-order valence-corrected chi connectivity index (χ2v) is 1.22. The first-order chi connectivity index (χ1) is 3.31. The lowest BCUT2D eigenvalue weighted by Gasteiger charge is -1.93. The number of ether oxygens (including phenoxy) is 1. The van der Waals surface area contributed by atoms with Crippen LogP contribution in [0.1, 0.15) is 13.3 Å². The number of hydrogen-bond acceptors (Lipinski definition) is 2. The van der Waals surface area contributed by atoms with Crippen LogP contribution in [0.15, 0.2) is 12.0 Å². The molecular weight excluding hydrogens is 90.1 g/mol. The van der Waals surface area contributed by atoms with Crippen LogP contribution in [-0.2, 0) is 4.74 Å². The van der Waals surface area contributed by atoms with E-state index in [4.69, 9.17) is 5.73 Å². The molecule has 0 aromatic carbocycles. The van der Waals surface area contributed by atoms with Crippen LogP contribution in [0.4, 0.5) is 0 Å². The zero-order valence-corrected chi connectivity index (χ0v) is 4.77. The molecule has 0 saturated heterocycles. The van der Waals surface area contributed by atoms with E-state index in [1.54, 1.807) is 7.11 Å². The van der Waals surface area contributed by atoms with E-state index >= 15 is 0 Å². The van der Waals surface area contributed by atoms with Crippen molar-refractivity contribution in [3.05, 3.63) is 12.0 Å². The Balaban J connectivity index is 3.29. The highest BCUT2D eigenvalue weighted by Gasteiger charge is 1.77. The molecule has 0 fully saturated rings. The Morgan fingerprint density at radius 2 is 2.43 bits per heavy atom. The van der Waals surface area contributed by atoms with Gasteiger partial charge in [-0.25, -0.2) is 0 Å². The molecule has 2 heteroatoms. The van der Waals surface area contributed by atoms with Gasteiger partial charge in [0.1, 0.15) is 0 Å². The minimum Gasteiger partial charge on any atom is -0.483 e. The van der Waals surface area contributed by atoms with E-state index in [1.807, 2.05) is 13.0 Å². The van der Waals surface area contributed by atoms with Crippen molar-refractivity contribution in [1.82, 2.24) is 0 Å². The molecule has 0 aliphatic heterocycles. The van der Waals surface area contributed by atoms with E-state index in [0.29, 0.717) is 5.88 Å². The average molecular weight is 101 g/mol. The Morgan fingerprint density at radius 1 is 1.86 bits per heavy atom. The van der Waals surface area contributed by atoms with E-state index in [9.17, 15) is 0 Å². The first-order valence-corrected chi connectivity index (χ1v) is 2.31. The van der Waals surface area contributed by atoms with Crippen molar-refractivity contribution >= 4 is 0 Å². The van der Waals surface area contributed by atoms with Crippen molar-refractivity contribution in [2.45, 2.75) is 13.3 Å². The van der Waals surface area contributed by atoms with Gasteiger partial charge in [-0.1, -0.05) is 6.92 Å². The quantitative estimate of drug-likeness (QED) is 0.523. The number of methoxy groups -OCH3 is 1. The Labute approximate surface area is 44.0 Å². The molecule has 2 N–H and O–H groups in total. The monoisotopic (exact) mass is 101 g/mol. The van der Waals surface area contributed by atoms with Crippen LogP contribution >= 0.6 is 0 Å². The van der Waals surface area contributed by atoms with Crippen LogP contribution in [0.3, 0.4) is 0 Å². The molecule has 7 heavy (non-hydrogen) atoms. The largest absolute Gasteiger partial charge is 0.483 e. The molecule has 0 unspecified atom stereocenters. The zero-order chi connectivity index (χ0) is 5.70. The second kappa shape index (κ2) is 3.53. The third-order valence-corrected chi connectivity index (χ3v) is 0.641. The van der Waals surface area contributed by atoms with E-state index in [2.05, 4.69) is 4.74 Å². The van der Waals surface area contributed by atoms with Crippen LogP contribution in [-0.4, -0.2) is 7.11 Å². The Morgan fingerprint density at radius 3 is 2.57 bits per heavy atom. The Hall–Kier alpha value is -0.660. The molecule has 0 aliphatic carbocycles. The topological polar surface area (TPSA) is 35.2 Å². The average Bonchev–Trinajstić information content (AvgIpc) is 1.68. The van der Waals surface area contributed by atoms with Crippen molar-refractivity contribution in [2.24, 2.45) is 5.73 Å². The maximum absolute atomic E-state index is 5.22. The van der Waals surface area contributed by atoms with Crippen molar-refractivity contribution in [3.8, 4) is 0 Å². The fourth-order valence-corrected chi connectivity index (χ4v) is 0.285. The van der Waals surface area contributed by atoms with Crippen molar-refractivity contribution in [3.63, 3.8) is 0 Å². The summed E-state index contributed by atoms with van der Waals surface area (Å²) in [5.41, 5.74) is 5.22. The van der Waals surface area contributed by atoms with E-state index in [-0.39, 0.29) is 0 Å². The highest BCUT2D eigenvalue weighted by Crippen LogP contribution is 1.85. The van der Waals surface area contributed by atoms with Crippen LogP contribution < -0.4 is 5.73 Å². The third-order valence-electron chi connectivity index (χ3n) is 0.641. The summed E-state index contributed by atoms with van der Waals surface area (Å²) in [5, 5.41) is 0. The van der Waals surface area contributed by atoms with Gasteiger partial charge in [0.15, 0.2) is 5.88 Å². The smallest absolute Gasteiger partial charge is 0.179 e. The molecule has 2 nitrogen and oxygen atoms in total. The molecule has 0 saturated carbocycles. The summed E-state index contributed by atoms with van der Waals surface area (Å²) >= 11 is 0. The predicted octanol–water partition coefficient (Wildman–Crippen LogP) is 0.843. The fraction of sp³-hybridized carbons (Fsp3) is 0.600. The maximum Gasteiger partial charge on any atom is 0.179 e. The van der Waals surface area contributed by atoms with Gasteiger partial charge in [-0.15, -0.1) is 0 Å². The highest BCUT2D eigenvalue weighted by molar-refractivity contribution is 4.84. The lowest BCUT2D eigenvalue weighted by atomic mass is 10.5. The van der Waals surface area contributed by atoms with Gasteiger partial charge in [0, 0.05) is 0 Å². The SMILES string of the molecule is CC/C=C(\N)OC. The molecule has 0 bridgehead atoms. The van der Waals surface area contributed by atoms with Gasteiger partial charge in [-0.3, -0.25) is 0 Å². The normalized spacial score (nSPS) is 11.4. The summed E-state index contributed by atoms with van der Waals surface area (Å²) < 4.78 is 4.63. The molecule has 0 rings (SSSR count). The lowest BCUT2D eigenvalue weighted by molar-refractivity contribution is 0.286. The summed E-state index contributed by atoms with van der Waals surface area (Å²) in [6.07, 6.45) is 2.75. The van der Waals surface area contributed by atoms with Gasteiger partial charge in [-0.05, 0) is 12.5 Å². The van der Waals surface area contributed by atoms with E-state index in [0.717, 1.165) is 6.42 Å². The molecule has 0 aromatic rings. The first kappa shape index (κ1) is 6.34. The predicted molar refractivity (Wildman–Crippen MR) is 29.6 cm³/mol. The van der Waals surface area contributed by atoms with E-state index < -0.39 is 0 Å². The van der Waals surface area contributed by atoms with Gasteiger partial charge in [0.2, 0.25) is 0 Å². The van der Waals surface area contributed by atoms with Crippen LogP contribution in [0.2, 0.25) is 0 Å². The van der Waals surface area contributed by atoms with Crippen LogP contribution in [0.5, 0.6) is 0 Å². The van der Waals surface area contributed by atoms with Crippen molar-refractivity contribution in [1.29, 1.82) is 0 Å². The molecular formula is C5H11NO. The molecule has 0 aliphatic rings. The Kier molecular flexibility index (Phi) is 3.19. The molecule has 0 amide bonds. The van der Waals surface area contributed by atoms with Crippen molar-refractivity contribution in [2.75, 3.05) is 7.11 Å². The molecule has 0 heterocycles. The van der Waals surface area contributed by atoms with Gasteiger partial charge in [0.05, 0.1) is 7.11 Å². The van der Waals surface area contributed by atoms with Crippen molar-refractivity contribution < 1.29 is 4.74 Å². The minimum absolute atomic E-state index is 0.502. The fourth-order valence-electron chi connectivity index (χ4n) is 0.285. The van der Waals surface area contributed by atoms with Gasteiger partial charge >= 0.3 is 0 Å². The summed E-state index contributed by atoms with van der Waals surface area (Å²) in [6.45, 7) is 2.01. The van der Waals surface area contributed by atoms with Gasteiger partial charge in [0.25, 0.3) is 0 Å². The summed E-state index contributed by atoms with van der Waals surface area (Å²) in [4.78, 5) is 0. The van der Waals surface area contributed by atoms with Gasteiger partial charge in [-0.2, -0.15) is 0 Å². The number of nitrogens with two attached hydrogens (primary N) is 1. The number of hydrogen-bond donors (Lipinski definition) is 1. The molecule has 0 radical (unpaired) electrons. The summed E-state index contributed by atoms with van der Waals surface area (Å²) in [7, 11) is 1.56. The molecule has 42 valence electrons. The summed E-state index contributed by atoms with van der Waals surface area (Å²) in [6, 6.07) is 0. The maximum atomic E-state index is 5.22. The minimum atomic E-state index is 0.502. The number of rotatable bonds is 2. The van der Waals surface area contributed by atoms with Crippen LogP contribution in [0.25, 0.3) is 0 Å².